The molecule has 1 aromatic rings. The molecule has 5 heteroatoms. The van der Waals surface area contributed by atoms with Crippen molar-refractivity contribution in [3.63, 3.8) is 0 Å². The van der Waals surface area contributed by atoms with Crippen LogP contribution < -0.4 is 10.1 Å². The number of ether oxygens (including phenoxy) is 1. The number of carbonyl (C=O) groups is 1. The van der Waals surface area contributed by atoms with Gasteiger partial charge in [0.25, 0.3) is 0 Å². The average Bonchev–Trinajstić information content (AvgIpc) is 2.85. The maximum atomic E-state index is 12.2. The van der Waals surface area contributed by atoms with Gasteiger partial charge >= 0.3 is 6.03 Å². The van der Waals surface area contributed by atoms with Crippen LogP contribution >= 0.6 is 11.8 Å². The third kappa shape index (κ3) is 3.15. The zero-order valence-electron chi connectivity index (χ0n) is 11.6. The van der Waals surface area contributed by atoms with E-state index >= 15 is 0 Å². The topological polar surface area (TPSA) is 41.6 Å². The Morgan fingerprint density at radius 3 is 2.89 bits per heavy atom. The maximum Gasteiger partial charge on any atom is 0.322 e. The van der Waals surface area contributed by atoms with Crippen LogP contribution in [0.2, 0.25) is 0 Å². The average molecular weight is 280 g/mol. The molecule has 1 aliphatic heterocycles. The van der Waals surface area contributed by atoms with E-state index in [1.54, 1.807) is 18.9 Å². The molecule has 0 radical (unpaired) electrons. The van der Waals surface area contributed by atoms with E-state index in [0.29, 0.717) is 11.8 Å². The van der Waals surface area contributed by atoms with E-state index in [4.69, 9.17) is 4.74 Å². The Hall–Kier alpha value is -1.36. The summed E-state index contributed by atoms with van der Waals surface area (Å²) in [6.45, 7) is 2.92. The number of rotatable bonds is 3. The van der Waals surface area contributed by atoms with Gasteiger partial charge in [-0.25, -0.2) is 4.79 Å². The molecule has 0 aromatic heterocycles. The number of carbonyl (C=O) groups excluding carboxylic acids is 1. The van der Waals surface area contributed by atoms with Gasteiger partial charge in [0.15, 0.2) is 0 Å². The van der Waals surface area contributed by atoms with Crippen molar-refractivity contribution in [3.8, 4) is 5.75 Å². The van der Waals surface area contributed by atoms with Gasteiger partial charge in [-0.2, -0.15) is 0 Å². The number of nitrogens with one attached hydrogen (secondary N) is 1. The molecular weight excluding hydrogens is 260 g/mol. The van der Waals surface area contributed by atoms with E-state index < -0.39 is 0 Å². The van der Waals surface area contributed by atoms with Crippen molar-refractivity contribution in [2.45, 2.75) is 30.7 Å². The van der Waals surface area contributed by atoms with Crippen molar-refractivity contribution in [1.29, 1.82) is 0 Å². The predicted molar refractivity (Wildman–Crippen MR) is 79.2 cm³/mol. The number of nitrogens with zero attached hydrogens (tertiary/aromatic N) is 1. The van der Waals surface area contributed by atoms with Gasteiger partial charge in [0, 0.05) is 17.5 Å². The Labute approximate surface area is 118 Å². The zero-order chi connectivity index (χ0) is 13.8. The van der Waals surface area contributed by atoms with E-state index in [1.807, 2.05) is 29.4 Å². The molecule has 0 saturated carbocycles. The fourth-order valence-electron chi connectivity index (χ4n) is 2.32. The summed E-state index contributed by atoms with van der Waals surface area (Å²) >= 11 is 1.65. The van der Waals surface area contributed by atoms with Gasteiger partial charge in [-0.15, -0.1) is 11.8 Å². The highest BCUT2D eigenvalue weighted by molar-refractivity contribution is 7.98. The molecule has 1 atom stereocenters. The smallest absolute Gasteiger partial charge is 0.322 e. The van der Waals surface area contributed by atoms with Crippen LogP contribution in [0.5, 0.6) is 5.75 Å². The lowest BCUT2D eigenvalue weighted by molar-refractivity contribution is 0.210. The van der Waals surface area contributed by atoms with E-state index in [2.05, 4.69) is 12.2 Å². The van der Waals surface area contributed by atoms with Crippen molar-refractivity contribution < 1.29 is 9.53 Å². The number of anilines is 1. The van der Waals surface area contributed by atoms with Crippen LogP contribution in [0, 0.1) is 0 Å². The van der Waals surface area contributed by atoms with Gasteiger partial charge in [0.2, 0.25) is 0 Å². The minimum atomic E-state index is -0.0415. The molecule has 1 fully saturated rings. The lowest BCUT2D eigenvalue weighted by atomic mass is 10.2. The van der Waals surface area contributed by atoms with E-state index in [9.17, 15) is 4.79 Å². The second-order valence-electron chi connectivity index (χ2n) is 4.68. The standard InChI is InChI=1S/C14H20N2O2S/c1-10-5-4-8-16(10)14(17)15-12-7-6-11(19-3)9-13(12)18-2/h6-7,9-10H,4-5,8H2,1-3H3,(H,15,17)/t10-/m1/s1. The molecule has 0 spiro atoms. The SMILES string of the molecule is COc1cc(SC)ccc1NC(=O)N1CCC[C@H]1C. The highest BCUT2D eigenvalue weighted by Gasteiger charge is 2.25. The van der Waals surface area contributed by atoms with Crippen LogP contribution in [0.3, 0.4) is 0 Å². The van der Waals surface area contributed by atoms with E-state index in [0.717, 1.165) is 30.0 Å². The highest BCUT2D eigenvalue weighted by atomic mass is 32.2. The Morgan fingerprint density at radius 1 is 1.53 bits per heavy atom. The molecule has 2 rings (SSSR count). The first-order valence-electron chi connectivity index (χ1n) is 6.45. The van der Waals surface area contributed by atoms with Crippen LogP contribution in [-0.4, -0.2) is 36.9 Å². The number of thioether (sulfide) groups is 1. The van der Waals surface area contributed by atoms with Crippen LogP contribution in [-0.2, 0) is 0 Å². The normalized spacial score (nSPS) is 18.5. The molecule has 4 nitrogen and oxygen atoms in total. The third-order valence-corrected chi connectivity index (χ3v) is 4.19. The number of urea groups is 1. The van der Waals surface area contributed by atoms with Gasteiger partial charge in [-0.05, 0) is 44.2 Å². The molecule has 1 heterocycles. The lowest BCUT2D eigenvalue weighted by Crippen LogP contribution is -2.37. The molecule has 1 aliphatic rings. The molecule has 1 aromatic carbocycles. The fraction of sp³-hybridized carbons (Fsp3) is 0.500. The van der Waals surface area contributed by atoms with Gasteiger partial charge < -0.3 is 15.0 Å². The van der Waals surface area contributed by atoms with Crippen molar-refractivity contribution >= 4 is 23.5 Å². The summed E-state index contributed by atoms with van der Waals surface area (Å²) in [6, 6.07) is 6.09. The van der Waals surface area contributed by atoms with Gasteiger partial charge in [-0.3, -0.25) is 0 Å². The van der Waals surface area contributed by atoms with E-state index in [1.165, 1.54) is 0 Å². The number of methoxy groups -OCH3 is 1. The Kier molecular flexibility index (Phi) is 4.58. The van der Waals surface area contributed by atoms with Gasteiger partial charge in [-0.1, -0.05) is 0 Å². The van der Waals surface area contributed by atoms with Crippen molar-refractivity contribution in [2.24, 2.45) is 0 Å². The molecular formula is C14H20N2O2S. The zero-order valence-corrected chi connectivity index (χ0v) is 12.4. The van der Waals surface area contributed by atoms with Crippen molar-refractivity contribution in [1.82, 2.24) is 4.90 Å². The fourth-order valence-corrected chi connectivity index (χ4v) is 2.75. The van der Waals surface area contributed by atoms with Crippen LogP contribution in [0.1, 0.15) is 19.8 Å². The van der Waals surface area contributed by atoms with Crippen LogP contribution in [0.15, 0.2) is 23.1 Å². The third-order valence-electron chi connectivity index (χ3n) is 3.46. The molecule has 104 valence electrons. The number of benzene rings is 1. The molecule has 0 unspecified atom stereocenters. The highest BCUT2D eigenvalue weighted by Crippen LogP contribution is 2.30. The van der Waals surface area contributed by atoms with Crippen molar-refractivity contribution in [3.05, 3.63) is 18.2 Å². The summed E-state index contributed by atoms with van der Waals surface area (Å²) in [6.07, 6.45) is 4.17. The molecule has 0 aliphatic carbocycles. The maximum absolute atomic E-state index is 12.2. The summed E-state index contributed by atoms with van der Waals surface area (Å²) in [7, 11) is 1.62. The van der Waals surface area contributed by atoms with Crippen LogP contribution in [0.25, 0.3) is 0 Å². The summed E-state index contributed by atoms with van der Waals surface area (Å²) in [4.78, 5) is 15.2. The van der Waals surface area contributed by atoms with Crippen LogP contribution in [0.4, 0.5) is 10.5 Å². The molecule has 1 N–H and O–H groups in total. The molecule has 0 bridgehead atoms. The molecule has 19 heavy (non-hydrogen) atoms. The second kappa shape index (κ2) is 6.19. The molecule has 2 amide bonds. The number of likely N-dealkylation sites (tertiary alicyclic amines) is 1. The molecule has 1 saturated heterocycles. The minimum Gasteiger partial charge on any atom is -0.495 e. The predicted octanol–water partition coefficient (Wildman–Crippen LogP) is 3.43. The number of hydrogen-bond acceptors (Lipinski definition) is 3. The quantitative estimate of drug-likeness (QED) is 0.862. The Balaban J connectivity index is 2.12. The summed E-state index contributed by atoms with van der Waals surface area (Å²) in [5, 5.41) is 2.94. The first-order valence-corrected chi connectivity index (χ1v) is 7.68. The summed E-state index contributed by atoms with van der Waals surface area (Å²) in [5.41, 5.74) is 0.726. The summed E-state index contributed by atoms with van der Waals surface area (Å²) in [5.74, 6) is 0.701. The minimum absolute atomic E-state index is 0.0415. The van der Waals surface area contributed by atoms with Gasteiger partial charge in [0.05, 0.1) is 12.8 Å². The number of amides is 2. The van der Waals surface area contributed by atoms with E-state index in [-0.39, 0.29) is 6.03 Å². The first kappa shape index (κ1) is 14.1. The monoisotopic (exact) mass is 280 g/mol. The largest absolute Gasteiger partial charge is 0.495 e. The Bertz CT molecular complexity index is 465. The lowest BCUT2D eigenvalue weighted by Gasteiger charge is -2.22. The van der Waals surface area contributed by atoms with Crippen molar-refractivity contribution in [2.75, 3.05) is 25.2 Å². The Morgan fingerprint density at radius 2 is 2.32 bits per heavy atom. The second-order valence-corrected chi connectivity index (χ2v) is 5.56. The van der Waals surface area contributed by atoms with Gasteiger partial charge in [0.1, 0.15) is 5.75 Å². The summed E-state index contributed by atoms with van der Waals surface area (Å²) < 4.78 is 5.33. The number of hydrogen-bond donors (Lipinski definition) is 1. The first-order chi connectivity index (χ1) is 9.15.